The number of benzene rings is 2. The van der Waals surface area contributed by atoms with Crippen LogP contribution in [-0.4, -0.2) is 27.8 Å². The molecule has 0 fully saturated rings. The topological polar surface area (TPSA) is 42.3 Å². The van der Waals surface area contributed by atoms with Gasteiger partial charge >= 0.3 is 0 Å². The van der Waals surface area contributed by atoms with Crippen molar-refractivity contribution in [1.29, 1.82) is 0 Å². The maximum Gasteiger partial charge on any atom is 0.263 e. The van der Waals surface area contributed by atoms with Crippen molar-refractivity contribution < 1.29 is 9.59 Å². The lowest BCUT2D eigenvalue weighted by Crippen LogP contribution is -2.31. The van der Waals surface area contributed by atoms with E-state index < -0.39 is 0 Å². The highest BCUT2D eigenvalue weighted by atomic mass is 32.1. The zero-order valence-corrected chi connectivity index (χ0v) is 32.8. The molecule has 0 saturated carbocycles. The molecule has 2 aromatic carbocycles. The Kier molecular flexibility index (Phi) is 14.6. The normalized spacial score (nSPS) is 13.2. The lowest BCUT2D eigenvalue weighted by Gasteiger charge is -2.22. The Morgan fingerprint density at radius 2 is 1.08 bits per heavy atom. The van der Waals surface area contributed by atoms with E-state index in [9.17, 15) is 9.59 Å². The Morgan fingerprint density at radius 3 is 1.68 bits per heavy atom. The van der Waals surface area contributed by atoms with Crippen LogP contribution in [0.3, 0.4) is 0 Å². The number of hydrogen-bond acceptors (Lipinski definition) is 3. The Bertz CT molecular complexity index is 1700. The van der Waals surface area contributed by atoms with E-state index in [1.165, 1.54) is 148 Å². The average Bonchev–Trinajstić information content (AvgIpc) is 3.71. The van der Waals surface area contributed by atoms with Gasteiger partial charge in [-0.1, -0.05) is 154 Å². The molecule has 0 atom stereocenters. The van der Waals surface area contributed by atoms with Gasteiger partial charge in [-0.25, -0.2) is 0 Å². The number of hydrogen-bond donors (Lipinski definition) is 0. The van der Waals surface area contributed by atoms with Crippen LogP contribution in [0.4, 0.5) is 0 Å². The van der Waals surface area contributed by atoms with Gasteiger partial charge in [0.05, 0.1) is 16.6 Å². The molecule has 50 heavy (non-hydrogen) atoms. The van der Waals surface area contributed by atoms with Crippen molar-refractivity contribution in [3.63, 3.8) is 0 Å². The van der Waals surface area contributed by atoms with E-state index in [2.05, 4.69) is 68.7 Å². The van der Waals surface area contributed by atoms with Crippen LogP contribution >= 0.6 is 11.3 Å². The fourth-order valence-electron chi connectivity index (χ4n) is 8.24. The third-order valence-corrected chi connectivity index (χ3v) is 12.3. The van der Waals surface area contributed by atoms with Gasteiger partial charge in [0, 0.05) is 38.6 Å². The SMILES string of the molecule is CCCCCCCCC(CCCCCCCC)n1c2cc(C)ccc2c2ccc(-c3sc(C)c4c3C(=O)N(CCCCCCCC)C4=O)cc21. The largest absolute Gasteiger partial charge is 0.337 e. The Labute approximate surface area is 307 Å². The van der Waals surface area contributed by atoms with Gasteiger partial charge in [-0.05, 0) is 56.4 Å². The molecule has 2 aromatic heterocycles. The van der Waals surface area contributed by atoms with E-state index in [0.29, 0.717) is 23.7 Å². The third-order valence-electron chi connectivity index (χ3n) is 11.1. The van der Waals surface area contributed by atoms with E-state index in [-0.39, 0.29) is 11.8 Å². The van der Waals surface area contributed by atoms with Gasteiger partial charge in [0.15, 0.2) is 0 Å². The highest BCUT2D eigenvalue weighted by molar-refractivity contribution is 7.16. The number of carbonyl (C=O) groups is 2. The molecule has 0 aliphatic carbocycles. The molecule has 3 heterocycles. The van der Waals surface area contributed by atoms with Gasteiger partial charge in [0.1, 0.15) is 0 Å². The predicted molar refractivity (Wildman–Crippen MR) is 216 cm³/mol. The van der Waals surface area contributed by atoms with E-state index in [1.807, 2.05) is 6.92 Å². The van der Waals surface area contributed by atoms with Crippen molar-refractivity contribution in [2.75, 3.05) is 6.54 Å². The smallest absolute Gasteiger partial charge is 0.263 e. The highest BCUT2D eigenvalue weighted by Crippen LogP contribution is 2.44. The van der Waals surface area contributed by atoms with Crippen LogP contribution < -0.4 is 0 Å². The van der Waals surface area contributed by atoms with E-state index >= 15 is 0 Å². The van der Waals surface area contributed by atoms with Gasteiger partial charge in [-0.15, -0.1) is 11.3 Å². The molecule has 2 amide bonds. The average molecular weight is 697 g/mol. The molecule has 0 bridgehead atoms. The van der Waals surface area contributed by atoms with Crippen LogP contribution in [0.1, 0.15) is 186 Å². The van der Waals surface area contributed by atoms with Crippen molar-refractivity contribution in [2.45, 2.75) is 169 Å². The molecule has 1 aliphatic rings. The molecule has 0 saturated heterocycles. The minimum atomic E-state index is -0.0989. The van der Waals surface area contributed by atoms with Crippen LogP contribution in [-0.2, 0) is 0 Å². The summed E-state index contributed by atoms with van der Waals surface area (Å²) in [6.45, 7) is 11.6. The van der Waals surface area contributed by atoms with Crippen LogP contribution in [0, 0.1) is 13.8 Å². The number of thiophene rings is 1. The molecular weight excluding hydrogens is 633 g/mol. The number of carbonyl (C=O) groups excluding carboxylic acids is 2. The maximum atomic E-state index is 13.9. The lowest BCUT2D eigenvalue weighted by molar-refractivity contribution is 0.0651. The van der Waals surface area contributed by atoms with Gasteiger partial charge in [-0.3, -0.25) is 14.5 Å². The number of imide groups is 1. The molecule has 5 heteroatoms. The van der Waals surface area contributed by atoms with Gasteiger partial charge in [0.25, 0.3) is 11.8 Å². The van der Waals surface area contributed by atoms with Gasteiger partial charge in [0.2, 0.25) is 0 Å². The number of aryl methyl sites for hydroxylation is 2. The fourth-order valence-corrected chi connectivity index (χ4v) is 9.37. The standard InChI is InChI=1S/C45H64N2O2S/c1-6-9-12-15-18-21-24-36(25-22-19-16-13-10-7-2)47-39-31-33(4)26-28-37(39)38-29-27-35(32-40(38)47)43-42-41(34(5)50-43)44(48)46(45(42)49)30-23-20-17-14-11-8-3/h26-29,31-32,36H,6-25,30H2,1-5H3. The summed E-state index contributed by atoms with van der Waals surface area (Å²) < 4.78 is 2.68. The van der Waals surface area contributed by atoms with E-state index in [0.717, 1.165) is 28.2 Å². The van der Waals surface area contributed by atoms with Crippen LogP contribution in [0.25, 0.3) is 32.2 Å². The van der Waals surface area contributed by atoms with Crippen molar-refractivity contribution in [1.82, 2.24) is 9.47 Å². The molecule has 0 N–H and O–H groups in total. The first kappa shape index (κ1) is 38.3. The molecule has 5 rings (SSSR count). The third kappa shape index (κ3) is 8.92. The molecule has 0 unspecified atom stereocenters. The van der Waals surface area contributed by atoms with Gasteiger partial charge in [-0.2, -0.15) is 0 Å². The zero-order chi connectivity index (χ0) is 35.5. The minimum absolute atomic E-state index is 0.0952. The van der Waals surface area contributed by atoms with Crippen molar-refractivity contribution >= 4 is 45.0 Å². The van der Waals surface area contributed by atoms with Crippen LogP contribution in [0.15, 0.2) is 36.4 Å². The van der Waals surface area contributed by atoms with E-state index in [1.54, 1.807) is 11.3 Å². The van der Waals surface area contributed by atoms with Crippen molar-refractivity contribution in [2.24, 2.45) is 0 Å². The highest BCUT2D eigenvalue weighted by Gasteiger charge is 2.40. The summed E-state index contributed by atoms with van der Waals surface area (Å²) in [6, 6.07) is 14.2. The Balaban J connectivity index is 1.48. The summed E-state index contributed by atoms with van der Waals surface area (Å²) in [6.07, 6.45) is 25.0. The molecule has 272 valence electrons. The molecule has 4 nitrogen and oxygen atoms in total. The first-order valence-electron chi connectivity index (χ1n) is 20.4. The number of amides is 2. The minimum Gasteiger partial charge on any atom is -0.337 e. The second-order valence-corrected chi connectivity index (χ2v) is 16.4. The summed E-state index contributed by atoms with van der Waals surface area (Å²) in [5.41, 5.74) is 6.24. The Hall–Kier alpha value is -2.92. The number of nitrogens with zero attached hydrogens (tertiary/aromatic N) is 2. The molecule has 0 spiro atoms. The summed E-state index contributed by atoms with van der Waals surface area (Å²) >= 11 is 1.62. The zero-order valence-electron chi connectivity index (χ0n) is 32.0. The summed E-state index contributed by atoms with van der Waals surface area (Å²) in [7, 11) is 0. The maximum absolute atomic E-state index is 13.9. The Morgan fingerprint density at radius 1 is 0.580 bits per heavy atom. The summed E-state index contributed by atoms with van der Waals surface area (Å²) in [4.78, 5) is 31.0. The van der Waals surface area contributed by atoms with Crippen LogP contribution in [0.5, 0.6) is 0 Å². The molecular formula is C45H64N2O2S. The summed E-state index contributed by atoms with van der Waals surface area (Å²) in [5.74, 6) is -0.194. The molecule has 0 radical (unpaired) electrons. The number of unbranched alkanes of at least 4 members (excludes halogenated alkanes) is 15. The molecule has 4 aromatic rings. The second-order valence-electron chi connectivity index (χ2n) is 15.2. The van der Waals surface area contributed by atoms with Gasteiger partial charge < -0.3 is 4.57 Å². The summed E-state index contributed by atoms with van der Waals surface area (Å²) in [5, 5.41) is 2.61. The number of rotatable bonds is 23. The predicted octanol–water partition coefficient (Wildman–Crippen LogP) is 14.1. The van der Waals surface area contributed by atoms with Crippen LogP contribution in [0.2, 0.25) is 0 Å². The number of fused-ring (bicyclic) bond motifs is 4. The quantitative estimate of drug-likeness (QED) is 0.0572. The second kappa shape index (κ2) is 19.1. The monoisotopic (exact) mass is 696 g/mol. The fraction of sp³-hybridized carbons (Fsp3) is 0.600. The first-order chi connectivity index (χ1) is 24.4. The first-order valence-corrected chi connectivity index (χ1v) is 21.3. The molecule has 1 aliphatic heterocycles. The van der Waals surface area contributed by atoms with Crippen molar-refractivity contribution in [3.05, 3.63) is 58.0 Å². The number of aromatic nitrogens is 1. The van der Waals surface area contributed by atoms with Crippen molar-refractivity contribution in [3.8, 4) is 10.4 Å². The lowest BCUT2D eigenvalue weighted by atomic mass is 9.99. The van der Waals surface area contributed by atoms with E-state index in [4.69, 9.17) is 0 Å².